The third-order valence-electron chi connectivity index (χ3n) is 6.30. The minimum Gasteiger partial charge on any atom is -0.379 e. The second-order valence-corrected chi connectivity index (χ2v) is 8.83. The van der Waals surface area contributed by atoms with Crippen LogP contribution >= 0.6 is 0 Å². The largest absolute Gasteiger partial charge is 0.379 e. The molecule has 0 bridgehead atoms. The third kappa shape index (κ3) is 4.88. The van der Waals surface area contributed by atoms with Gasteiger partial charge in [-0.2, -0.15) is 0 Å². The molecule has 2 saturated heterocycles. The zero-order chi connectivity index (χ0) is 22.0. The molecule has 0 aromatic carbocycles. The van der Waals surface area contributed by atoms with E-state index in [1.807, 2.05) is 36.9 Å². The van der Waals surface area contributed by atoms with Crippen molar-refractivity contribution in [1.82, 2.24) is 24.8 Å². The molecule has 9 nitrogen and oxygen atoms in total. The maximum Gasteiger partial charge on any atom is 0.259 e. The Morgan fingerprint density at radius 3 is 2.65 bits per heavy atom. The van der Waals surface area contributed by atoms with Crippen molar-refractivity contribution in [3.05, 3.63) is 28.3 Å². The summed E-state index contributed by atoms with van der Waals surface area (Å²) < 4.78 is 5.39. The zero-order valence-corrected chi connectivity index (χ0v) is 18.6. The van der Waals surface area contributed by atoms with Crippen LogP contribution in [0.1, 0.15) is 31.4 Å². The molecule has 0 spiro atoms. The number of carbonyl (C=O) groups is 1. The van der Waals surface area contributed by atoms with E-state index in [0.29, 0.717) is 29.9 Å². The van der Waals surface area contributed by atoms with E-state index in [4.69, 9.17) is 4.74 Å². The molecular weight excluding hydrogens is 396 g/mol. The van der Waals surface area contributed by atoms with Crippen molar-refractivity contribution in [3.8, 4) is 0 Å². The van der Waals surface area contributed by atoms with Crippen molar-refractivity contribution in [2.75, 3.05) is 64.9 Å². The van der Waals surface area contributed by atoms with Crippen LogP contribution in [-0.2, 0) is 9.53 Å². The quantitative estimate of drug-likeness (QED) is 0.761. The molecule has 31 heavy (non-hydrogen) atoms. The molecule has 0 saturated carbocycles. The van der Waals surface area contributed by atoms with E-state index in [1.165, 1.54) is 0 Å². The minimum atomic E-state index is -0.157. The molecule has 1 amide bonds. The summed E-state index contributed by atoms with van der Waals surface area (Å²) in [5.41, 5.74) is 1.40. The highest BCUT2D eigenvalue weighted by Crippen LogP contribution is 2.28. The molecule has 168 valence electrons. The predicted octanol–water partition coefficient (Wildman–Crippen LogP) is 1.06. The van der Waals surface area contributed by atoms with E-state index in [1.54, 1.807) is 6.20 Å². The van der Waals surface area contributed by atoms with Crippen LogP contribution in [0.15, 0.2) is 17.1 Å². The van der Waals surface area contributed by atoms with Crippen molar-refractivity contribution in [2.45, 2.75) is 25.7 Å². The van der Waals surface area contributed by atoms with Gasteiger partial charge in [0.2, 0.25) is 11.9 Å². The summed E-state index contributed by atoms with van der Waals surface area (Å²) >= 11 is 0. The fourth-order valence-corrected chi connectivity index (χ4v) is 4.46. The first-order valence-corrected chi connectivity index (χ1v) is 11.1. The number of nitrogens with zero attached hydrogens (tertiary/aromatic N) is 5. The highest BCUT2D eigenvalue weighted by molar-refractivity contribution is 5.79. The first kappa shape index (κ1) is 21.7. The van der Waals surface area contributed by atoms with E-state index < -0.39 is 0 Å². The van der Waals surface area contributed by atoms with Crippen molar-refractivity contribution in [2.24, 2.45) is 5.92 Å². The topological polar surface area (TPSA) is 94.7 Å². The molecule has 1 atom stereocenters. The number of ether oxygens (including phenoxy) is 1. The molecule has 4 rings (SSSR count). The summed E-state index contributed by atoms with van der Waals surface area (Å²) in [5.74, 6) is 1.00. The first-order valence-electron chi connectivity index (χ1n) is 11.1. The number of piperidine rings is 1. The smallest absolute Gasteiger partial charge is 0.259 e. The molecule has 2 aliphatic rings. The van der Waals surface area contributed by atoms with Gasteiger partial charge in [0.05, 0.1) is 24.1 Å². The Bertz CT molecular complexity index is 977. The molecule has 4 heterocycles. The number of pyridine rings is 1. The number of hydrogen-bond acceptors (Lipinski definition) is 7. The van der Waals surface area contributed by atoms with Crippen LogP contribution < -0.4 is 10.5 Å². The first-order chi connectivity index (χ1) is 14.9. The van der Waals surface area contributed by atoms with E-state index in [-0.39, 0.29) is 23.3 Å². The number of rotatable bonds is 5. The fraction of sp³-hybridized carbons (Fsp3) is 0.636. The van der Waals surface area contributed by atoms with Gasteiger partial charge in [-0.1, -0.05) is 6.92 Å². The van der Waals surface area contributed by atoms with Crippen LogP contribution in [0.2, 0.25) is 0 Å². The van der Waals surface area contributed by atoms with Gasteiger partial charge in [-0.25, -0.2) is 9.97 Å². The molecule has 2 aromatic rings. The SMILES string of the molecule is CC(CN1CCOCC1)C(=O)N1CCC(c2cc3nc(N(C)C)ncc3c(=O)[nH]2)CC1. The summed E-state index contributed by atoms with van der Waals surface area (Å²) in [6.07, 6.45) is 3.25. The normalized spacial score (nSPS) is 19.5. The van der Waals surface area contributed by atoms with Crippen LogP contribution in [0.25, 0.3) is 10.9 Å². The second-order valence-electron chi connectivity index (χ2n) is 8.83. The van der Waals surface area contributed by atoms with Gasteiger partial charge in [0.1, 0.15) is 0 Å². The molecule has 2 aromatic heterocycles. The van der Waals surface area contributed by atoms with Gasteiger partial charge >= 0.3 is 0 Å². The summed E-state index contributed by atoms with van der Waals surface area (Å²) in [6.45, 7) is 7.52. The number of aromatic amines is 1. The zero-order valence-electron chi connectivity index (χ0n) is 18.6. The molecule has 0 aliphatic carbocycles. The van der Waals surface area contributed by atoms with Crippen LogP contribution in [0.5, 0.6) is 0 Å². The number of likely N-dealkylation sites (tertiary alicyclic amines) is 1. The van der Waals surface area contributed by atoms with E-state index >= 15 is 0 Å². The molecule has 2 fully saturated rings. The van der Waals surface area contributed by atoms with Gasteiger partial charge < -0.3 is 19.5 Å². The van der Waals surface area contributed by atoms with Gasteiger partial charge in [0.15, 0.2) is 0 Å². The fourth-order valence-electron chi connectivity index (χ4n) is 4.46. The Balaban J connectivity index is 1.40. The van der Waals surface area contributed by atoms with Gasteiger partial charge in [0, 0.05) is 70.5 Å². The molecule has 2 aliphatic heterocycles. The predicted molar refractivity (Wildman–Crippen MR) is 119 cm³/mol. The lowest BCUT2D eigenvalue weighted by Gasteiger charge is -2.35. The average molecular weight is 429 g/mol. The number of aromatic nitrogens is 3. The van der Waals surface area contributed by atoms with Crippen molar-refractivity contribution in [1.29, 1.82) is 0 Å². The number of H-pyrrole nitrogens is 1. The van der Waals surface area contributed by atoms with Gasteiger partial charge in [-0.05, 0) is 18.9 Å². The number of fused-ring (bicyclic) bond motifs is 1. The Hall–Kier alpha value is -2.52. The van der Waals surface area contributed by atoms with Crippen LogP contribution in [-0.4, -0.2) is 90.7 Å². The lowest BCUT2D eigenvalue weighted by atomic mass is 9.92. The molecular formula is C22H32N6O3. The van der Waals surface area contributed by atoms with Crippen LogP contribution in [0, 0.1) is 5.92 Å². The van der Waals surface area contributed by atoms with Crippen LogP contribution in [0.4, 0.5) is 5.95 Å². The Labute approximate surface area is 182 Å². The van der Waals surface area contributed by atoms with Crippen molar-refractivity contribution >= 4 is 22.8 Å². The Kier molecular flexibility index (Phi) is 6.52. The highest BCUT2D eigenvalue weighted by Gasteiger charge is 2.28. The number of nitrogens with one attached hydrogen (secondary N) is 1. The second kappa shape index (κ2) is 9.32. The molecule has 1 N–H and O–H groups in total. The number of carbonyl (C=O) groups excluding carboxylic acids is 1. The Morgan fingerprint density at radius 1 is 1.26 bits per heavy atom. The lowest BCUT2D eigenvalue weighted by Crippen LogP contribution is -2.46. The summed E-state index contributed by atoms with van der Waals surface area (Å²) in [6, 6.07) is 1.97. The van der Waals surface area contributed by atoms with Crippen molar-refractivity contribution in [3.63, 3.8) is 0 Å². The molecule has 9 heteroatoms. The number of amides is 1. The maximum absolute atomic E-state index is 12.9. The molecule has 0 radical (unpaired) electrons. The monoisotopic (exact) mass is 428 g/mol. The van der Waals surface area contributed by atoms with Crippen molar-refractivity contribution < 1.29 is 9.53 Å². The minimum absolute atomic E-state index is 0.0173. The van der Waals surface area contributed by atoms with Gasteiger partial charge in [-0.15, -0.1) is 0 Å². The third-order valence-corrected chi connectivity index (χ3v) is 6.30. The summed E-state index contributed by atoms with van der Waals surface area (Å²) in [7, 11) is 3.75. The standard InChI is InChI=1S/C22H32N6O3/c1-15(14-27-8-10-31-11-9-27)21(30)28-6-4-16(5-7-28)18-12-19-17(20(29)24-18)13-23-22(25-19)26(2)3/h12-13,15-16H,4-11,14H2,1-3H3,(H,24,29). The molecule has 1 unspecified atom stereocenters. The number of anilines is 1. The Morgan fingerprint density at radius 2 is 1.97 bits per heavy atom. The van der Waals surface area contributed by atoms with Gasteiger partial charge in [0.25, 0.3) is 5.56 Å². The van der Waals surface area contributed by atoms with E-state index in [2.05, 4.69) is 19.9 Å². The van der Waals surface area contributed by atoms with Gasteiger partial charge in [-0.3, -0.25) is 14.5 Å². The summed E-state index contributed by atoms with van der Waals surface area (Å²) in [5, 5.41) is 0.499. The van der Waals surface area contributed by atoms with E-state index in [0.717, 1.165) is 51.4 Å². The highest BCUT2D eigenvalue weighted by atomic mass is 16.5. The number of hydrogen-bond donors (Lipinski definition) is 1. The van der Waals surface area contributed by atoms with Crippen LogP contribution in [0.3, 0.4) is 0 Å². The lowest BCUT2D eigenvalue weighted by molar-refractivity contribution is -0.137. The average Bonchev–Trinajstić information content (AvgIpc) is 2.79. The number of morpholine rings is 1. The summed E-state index contributed by atoms with van der Waals surface area (Å²) in [4.78, 5) is 43.4. The van der Waals surface area contributed by atoms with E-state index in [9.17, 15) is 9.59 Å². The maximum atomic E-state index is 12.9.